The Morgan fingerprint density at radius 2 is 2.14 bits per heavy atom. The Hall–Kier alpha value is -2.37. The maximum absolute atomic E-state index is 12.1. The van der Waals surface area contributed by atoms with E-state index in [0.717, 1.165) is 25.3 Å². The number of aryl methyl sites for hydroxylation is 2. The van der Waals surface area contributed by atoms with Crippen LogP contribution >= 0.6 is 0 Å². The number of anilines is 1. The summed E-state index contributed by atoms with van der Waals surface area (Å²) < 4.78 is 1.81. The minimum absolute atomic E-state index is 0.0342. The molecular formula is C15H19N5O. The van der Waals surface area contributed by atoms with Crippen LogP contribution in [0.4, 0.5) is 10.5 Å². The fraction of sp³-hybridized carbons (Fsp3) is 0.400. The summed E-state index contributed by atoms with van der Waals surface area (Å²) in [7, 11) is 0. The first-order valence-corrected chi connectivity index (χ1v) is 7.07. The molecular weight excluding hydrogens is 266 g/mol. The van der Waals surface area contributed by atoms with Crippen molar-refractivity contribution in [3.63, 3.8) is 0 Å². The third-order valence-corrected chi connectivity index (χ3v) is 3.91. The lowest BCUT2D eigenvalue weighted by molar-refractivity contribution is 0.117. The van der Waals surface area contributed by atoms with Crippen LogP contribution in [0.25, 0.3) is 0 Å². The number of aromatic nitrogens is 3. The Morgan fingerprint density at radius 3 is 2.81 bits per heavy atom. The third kappa shape index (κ3) is 3.04. The average Bonchev–Trinajstić information content (AvgIpc) is 2.90. The number of hydrogen-bond acceptors (Lipinski definition) is 3. The van der Waals surface area contributed by atoms with Crippen LogP contribution in [0.3, 0.4) is 0 Å². The maximum atomic E-state index is 12.1. The molecule has 0 radical (unpaired) electrons. The van der Waals surface area contributed by atoms with E-state index in [0.29, 0.717) is 5.92 Å². The Bertz CT molecular complexity index is 632. The van der Waals surface area contributed by atoms with Crippen molar-refractivity contribution >= 4 is 11.7 Å². The second-order valence-corrected chi connectivity index (χ2v) is 5.62. The standard InChI is InChI=1S/C15H19N5O/c1-11-3-4-14(5-12(11)2)18-15(21)19-6-13(7-19)8-20-10-16-9-17-20/h3-5,9-10,13H,6-8H2,1-2H3,(H,18,21). The van der Waals surface area contributed by atoms with Gasteiger partial charge in [-0.25, -0.2) is 9.78 Å². The van der Waals surface area contributed by atoms with Crippen molar-refractivity contribution in [2.24, 2.45) is 5.92 Å². The number of rotatable bonds is 3. The molecule has 1 aliphatic rings. The first-order chi connectivity index (χ1) is 10.1. The number of benzene rings is 1. The molecule has 1 N–H and O–H groups in total. The summed E-state index contributed by atoms with van der Waals surface area (Å²) in [6, 6.07) is 5.93. The largest absolute Gasteiger partial charge is 0.324 e. The molecule has 1 aliphatic heterocycles. The van der Waals surface area contributed by atoms with Crippen molar-refractivity contribution in [3.05, 3.63) is 42.0 Å². The number of likely N-dealkylation sites (tertiary alicyclic amines) is 1. The minimum atomic E-state index is -0.0342. The fourth-order valence-electron chi connectivity index (χ4n) is 2.46. The SMILES string of the molecule is Cc1ccc(NC(=O)N2CC(Cn3cncn3)C2)cc1C. The second-order valence-electron chi connectivity index (χ2n) is 5.62. The van der Waals surface area contributed by atoms with Gasteiger partial charge in [-0.05, 0) is 37.1 Å². The molecule has 0 atom stereocenters. The van der Waals surface area contributed by atoms with Crippen LogP contribution in [0.1, 0.15) is 11.1 Å². The third-order valence-electron chi connectivity index (χ3n) is 3.91. The summed E-state index contributed by atoms with van der Waals surface area (Å²) in [5.41, 5.74) is 3.26. The molecule has 1 fully saturated rings. The monoisotopic (exact) mass is 285 g/mol. The normalized spacial score (nSPS) is 14.9. The molecule has 2 aromatic rings. The summed E-state index contributed by atoms with van der Waals surface area (Å²) >= 11 is 0. The second kappa shape index (κ2) is 5.55. The first kappa shape index (κ1) is 13.6. The van der Waals surface area contributed by atoms with Gasteiger partial charge >= 0.3 is 6.03 Å². The Morgan fingerprint density at radius 1 is 1.33 bits per heavy atom. The zero-order valence-electron chi connectivity index (χ0n) is 12.3. The molecule has 0 saturated carbocycles. The van der Waals surface area contributed by atoms with Gasteiger partial charge in [0.15, 0.2) is 0 Å². The van der Waals surface area contributed by atoms with Crippen LogP contribution in [0.5, 0.6) is 0 Å². The van der Waals surface area contributed by atoms with E-state index in [2.05, 4.69) is 22.3 Å². The number of amides is 2. The van der Waals surface area contributed by atoms with Crippen LogP contribution in [-0.2, 0) is 6.54 Å². The van der Waals surface area contributed by atoms with E-state index in [1.54, 1.807) is 6.33 Å². The Labute approximate surface area is 123 Å². The molecule has 6 heteroatoms. The predicted octanol–water partition coefficient (Wildman–Crippen LogP) is 2.06. The zero-order valence-corrected chi connectivity index (χ0v) is 12.3. The van der Waals surface area contributed by atoms with E-state index in [1.807, 2.05) is 34.7 Å². The topological polar surface area (TPSA) is 63.1 Å². The summed E-state index contributed by atoms with van der Waals surface area (Å²) in [5.74, 6) is 0.456. The number of carbonyl (C=O) groups is 1. The summed E-state index contributed by atoms with van der Waals surface area (Å²) in [4.78, 5) is 17.9. The zero-order chi connectivity index (χ0) is 14.8. The number of hydrogen-bond donors (Lipinski definition) is 1. The molecule has 2 amide bonds. The minimum Gasteiger partial charge on any atom is -0.324 e. The van der Waals surface area contributed by atoms with Gasteiger partial charge in [0.25, 0.3) is 0 Å². The number of carbonyl (C=O) groups excluding carboxylic acids is 1. The molecule has 2 heterocycles. The van der Waals surface area contributed by atoms with E-state index in [9.17, 15) is 4.79 Å². The lowest BCUT2D eigenvalue weighted by atomic mass is 10.0. The quantitative estimate of drug-likeness (QED) is 0.939. The van der Waals surface area contributed by atoms with Gasteiger partial charge in [0.05, 0.1) is 0 Å². The molecule has 3 rings (SSSR count). The van der Waals surface area contributed by atoms with E-state index < -0.39 is 0 Å². The van der Waals surface area contributed by atoms with Crippen molar-refractivity contribution in [2.45, 2.75) is 20.4 Å². The van der Waals surface area contributed by atoms with Gasteiger partial charge in [0, 0.05) is 31.2 Å². The molecule has 1 aromatic heterocycles. The van der Waals surface area contributed by atoms with Crippen molar-refractivity contribution < 1.29 is 4.79 Å². The molecule has 0 unspecified atom stereocenters. The van der Waals surface area contributed by atoms with E-state index in [1.165, 1.54) is 17.5 Å². The van der Waals surface area contributed by atoms with Crippen molar-refractivity contribution in [2.75, 3.05) is 18.4 Å². The first-order valence-electron chi connectivity index (χ1n) is 7.07. The lowest BCUT2D eigenvalue weighted by Gasteiger charge is -2.38. The van der Waals surface area contributed by atoms with Gasteiger partial charge in [0.2, 0.25) is 0 Å². The molecule has 0 spiro atoms. The van der Waals surface area contributed by atoms with Gasteiger partial charge in [-0.1, -0.05) is 6.07 Å². The highest BCUT2D eigenvalue weighted by atomic mass is 16.2. The number of nitrogens with one attached hydrogen (secondary N) is 1. The number of urea groups is 1. The Kier molecular flexibility index (Phi) is 3.60. The summed E-state index contributed by atoms with van der Waals surface area (Å²) in [5, 5.41) is 7.02. The maximum Gasteiger partial charge on any atom is 0.321 e. The van der Waals surface area contributed by atoms with Gasteiger partial charge < -0.3 is 10.2 Å². The highest BCUT2D eigenvalue weighted by molar-refractivity contribution is 5.90. The predicted molar refractivity (Wildman–Crippen MR) is 80.0 cm³/mol. The Balaban J connectivity index is 1.50. The van der Waals surface area contributed by atoms with Crippen molar-refractivity contribution in [1.29, 1.82) is 0 Å². The van der Waals surface area contributed by atoms with Crippen LogP contribution in [0, 0.1) is 19.8 Å². The molecule has 1 saturated heterocycles. The smallest absolute Gasteiger partial charge is 0.321 e. The van der Waals surface area contributed by atoms with Crippen molar-refractivity contribution in [1.82, 2.24) is 19.7 Å². The van der Waals surface area contributed by atoms with Crippen LogP contribution in [0.15, 0.2) is 30.9 Å². The van der Waals surface area contributed by atoms with E-state index in [-0.39, 0.29) is 6.03 Å². The molecule has 0 bridgehead atoms. The molecule has 110 valence electrons. The molecule has 21 heavy (non-hydrogen) atoms. The fourth-order valence-corrected chi connectivity index (χ4v) is 2.46. The van der Waals surface area contributed by atoms with Crippen LogP contribution < -0.4 is 5.32 Å². The average molecular weight is 285 g/mol. The summed E-state index contributed by atoms with van der Waals surface area (Å²) in [6.07, 6.45) is 3.24. The molecule has 0 aliphatic carbocycles. The highest BCUT2D eigenvalue weighted by Crippen LogP contribution is 2.20. The highest BCUT2D eigenvalue weighted by Gasteiger charge is 2.31. The summed E-state index contributed by atoms with van der Waals surface area (Å²) in [6.45, 7) is 6.44. The van der Waals surface area contributed by atoms with Crippen LogP contribution in [-0.4, -0.2) is 38.8 Å². The molecule has 1 aromatic carbocycles. The lowest BCUT2D eigenvalue weighted by Crippen LogP contribution is -2.53. The number of nitrogens with zero attached hydrogens (tertiary/aromatic N) is 4. The molecule has 6 nitrogen and oxygen atoms in total. The van der Waals surface area contributed by atoms with Crippen LogP contribution in [0.2, 0.25) is 0 Å². The van der Waals surface area contributed by atoms with E-state index >= 15 is 0 Å². The van der Waals surface area contributed by atoms with Gasteiger partial charge in [0.1, 0.15) is 12.7 Å². The van der Waals surface area contributed by atoms with Gasteiger partial charge in [-0.15, -0.1) is 0 Å². The van der Waals surface area contributed by atoms with Crippen molar-refractivity contribution in [3.8, 4) is 0 Å². The van der Waals surface area contributed by atoms with Gasteiger partial charge in [-0.3, -0.25) is 4.68 Å². The van der Waals surface area contributed by atoms with Gasteiger partial charge in [-0.2, -0.15) is 5.10 Å². The van der Waals surface area contributed by atoms with E-state index in [4.69, 9.17) is 0 Å².